The molecule has 1 fully saturated rings. The van der Waals surface area contributed by atoms with Crippen molar-refractivity contribution in [3.05, 3.63) is 148 Å². The Kier molecular flexibility index (Phi) is 8.80. The maximum atomic E-state index is 14.0. The molecule has 252 valence electrons. The zero-order valence-corrected chi connectivity index (χ0v) is 27.8. The number of fused-ring (bicyclic) bond motifs is 1. The number of rotatable bonds is 12. The van der Waals surface area contributed by atoms with Crippen molar-refractivity contribution < 1.29 is 27.9 Å². The van der Waals surface area contributed by atoms with Crippen LogP contribution in [0.1, 0.15) is 61.5 Å². The Balaban J connectivity index is 1.20. The Morgan fingerprint density at radius 2 is 1.72 bits per heavy atom. The van der Waals surface area contributed by atoms with Crippen molar-refractivity contribution in [2.45, 2.75) is 38.1 Å². The molecule has 0 bridgehead atoms. The Labute approximate surface area is 289 Å². The first-order valence-corrected chi connectivity index (χ1v) is 16.5. The van der Waals surface area contributed by atoms with Gasteiger partial charge in [0.1, 0.15) is 28.7 Å². The maximum absolute atomic E-state index is 14.0. The highest BCUT2D eigenvalue weighted by atomic mass is 19.1. The normalized spacial score (nSPS) is 13.2. The number of carbonyl (C=O) groups excluding carboxylic acids is 2. The first-order chi connectivity index (χ1) is 24.2. The second-order valence-electron chi connectivity index (χ2n) is 12.7. The fourth-order valence-electron chi connectivity index (χ4n) is 6.31. The number of nitrogens with zero attached hydrogens (tertiary/aromatic N) is 1. The van der Waals surface area contributed by atoms with E-state index in [1.165, 1.54) is 12.1 Å². The molecule has 3 N–H and O–H groups in total. The molecule has 0 spiro atoms. The summed E-state index contributed by atoms with van der Waals surface area (Å²) < 4.78 is 31.2. The number of hydrogen-bond donors (Lipinski definition) is 2. The Morgan fingerprint density at radius 3 is 2.40 bits per heavy atom. The van der Waals surface area contributed by atoms with Crippen LogP contribution in [0.5, 0.6) is 11.5 Å². The van der Waals surface area contributed by atoms with Crippen LogP contribution in [0.15, 0.2) is 108 Å². The van der Waals surface area contributed by atoms with Crippen LogP contribution in [-0.2, 0) is 18.4 Å². The number of furan rings is 1. The molecule has 6 aromatic rings. The fraction of sp³-hybridized carbons (Fsp3) is 0.195. The van der Waals surface area contributed by atoms with Crippen molar-refractivity contribution in [1.29, 1.82) is 0 Å². The van der Waals surface area contributed by atoms with Crippen molar-refractivity contribution in [2.24, 2.45) is 5.73 Å². The predicted octanol–water partition coefficient (Wildman–Crippen LogP) is 7.68. The summed E-state index contributed by atoms with van der Waals surface area (Å²) in [6, 6.07) is 28.7. The predicted molar refractivity (Wildman–Crippen MR) is 189 cm³/mol. The lowest BCUT2D eigenvalue weighted by atomic mass is 9.95. The molecule has 0 atom stereocenters. The van der Waals surface area contributed by atoms with Gasteiger partial charge in [0.25, 0.3) is 11.8 Å². The van der Waals surface area contributed by atoms with Crippen molar-refractivity contribution in [3.8, 4) is 22.8 Å². The largest absolute Gasteiger partial charge is 0.497 e. The molecule has 2 heterocycles. The average Bonchev–Trinajstić information content (AvgIpc) is 3.81. The van der Waals surface area contributed by atoms with Crippen molar-refractivity contribution in [1.82, 2.24) is 10.3 Å². The summed E-state index contributed by atoms with van der Waals surface area (Å²) in [7, 11) is 1.64. The van der Waals surface area contributed by atoms with Crippen LogP contribution in [-0.4, -0.2) is 30.5 Å². The summed E-state index contributed by atoms with van der Waals surface area (Å²) >= 11 is 0. The molecule has 8 nitrogen and oxygen atoms in total. The number of pyridine rings is 1. The van der Waals surface area contributed by atoms with E-state index in [2.05, 4.69) is 10.3 Å². The molecule has 1 aliphatic carbocycles. The van der Waals surface area contributed by atoms with Gasteiger partial charge in [-0.2, -0.15) is 0 Å². The maximum Gasteiger partial charge on any atom is 0.255 e. The van der Waals surface area contributed by atoms with Crippen LogP contribution in [0.4, 0.5) is 4.39 Å². The minimum absolute atomic E-state index is 0.232. The summed E-state index contributed by atoms with van der Waals surface area (Å²) in [4.78, 5) is 31.2. The topological polar surface area (TPSA) is 117 Å². The number of aryl methyl sites for hydroxylation is 1. The van der Waals surface area contributed by atoms with Gasteiger partial charge < -0.3 is 24.9 Å². The van der Waals surface area contributed by atoms with Crippen molar-refractivity contribution in [2.75, 3.05) is 13.7 Å². The average molecular weight is 670 g/mol. The van der Waals surface area contributed by atoms with Gasteiger partial charge in [-0.05, 0) is 121 Å². The van der Waals surface area contributed by atoms with Crippen molar-refractivity contribution in [3.63, 3.8) is 0 Å². The standard InChI is InChI=1S/C41H36FN3O5/c1-25-21-35(49-20-16-26-6-13-31(48-2)14-7-26)33(40(47)45-41(17-18-41)36-5-3-4-19-44-36)24-29(25)22-27-8-15-34-32(23-27)37(39(43)46)38(50-34)28-9-11-30(42)12-10-28/h3-15,19,21,23-24H,16-18,20,22H2,1-2H3,(H2,43,46)(H,45,47). The van der Waals surface area contributed by atoms with Crippen LogP contribution in [0.3, 0.4) is 0 Å². The Bertz CT molecular complexity index is 2190. The van der Waals surface area contributed by atoms with E-state index >= 15 is 0 Å². The van der Waals surface area contributed by atoms with Gasteiger partial charge in [-0.1, -0.05) is 24.3 Å². The van der Waals surface area contributed by atoms with Gasteiger partial charge in [0.2, 0.25) is 0 Å². The number of primary amides is 1. The van der Waals surface area contributed by atoms with Crippen LogP contribution in [0, 0.1) is 12.7 Å². The Morgan fingerprint density at radius 1 is 0.960 bits per heavy atom. The number of carbonyl (C=O) groups is 2. The minimum Gasteiger partial charge on any atom is -0.497 e. The van der Waals surface area contributed by atoms with Crippen molar-refractivity contribution >= 4 is 22.8 Å². The third-order valence-electron chi connectivity index (χ3n) is 9.25. The highest BCUT2D eigenvalue weighted by Gasteiger charge is 2.47. The van der Waals surface area contributed by atoms with E-state index in [1.807, 2.05) is 73.7 Å². The van der Waals surface area contributed by atoms with Crippen LogP contribution in [0.25, 0.3) is 22.3 Å². The summed E-state index contributed by atoms with van der Waals surface area (Å²) in [5, 5.41) is 3.82. The highest BCUT2D eigenvalue weighted by molar-refractivity contribution is 6.10. The first-order valence-electron chi connectivity index (χ1n) is 16.5. The molecule has 0 unspecified atom stereocenters. The minimum atomic E-state index is -0.645. The number of ether oxygens (including phenoxy) is 2. The zero-order valence-electron chi connectivity index (χ0n) is 27.8. The highest BCUT2D eigenvalue weighted by Crippen LogP contribution is 2.45. The quantitative estimate of drug-likeness (QED) is 0.138. The van der Waals surface area contributed by atoms with Gasteiger partial charge in [0.15, 0.2) is 0 Å². The lowest BCUT2D eigenvalue weighted by Crippen LogP contribution is -2.35. The summed E-state index contributed by atoms with van der Waals surface area (Å²) in [5.74, 6) is 0.298. The molecule has 1 aliphatic rings. The smallest absolute Gasteiger partial charge is 0.255 e. The number of nitrogens with one attached hydrogen (secondary N) is 1. The molecule has 0 radical (unpaired) electrons. The molecule has 0 aliphatic heterocycles. The van der Waals surface area contributed by atoms with E-state index in [4.69, 9.17) is 19.6 Å². The molecule has 4 aromatic carbocycles. The summed E-state index contributed by atoms with van der Waals surface area (Å²) in [6.07, 6.45) is 4.46. The molecule has 2 amide bonds. The van der Waals surface area contributed by atoms with Gasteiger partial charge in [0, 0.05) is 23.6 Å². The molecule has 50 heavy (non-hydrogen) atoms. The van der Waals surface area contributed by atoms with E-state index in [-0.39, 0.29) is 17.2 Å². The van der Waals surface area contributed by atoms with Crippen LogP contribution >= 0.6 is 0 Å². The van der Waals surface area contributed by atoms with Gasteiger partial charge in [0.05, 0.1) is 36.1 Å². The molecule has 2 aromatic heterocycles. The van der Waals surface area contributed by atoms with E-state index in [0.29, 0.717) is 47.3 Å². The van der Waals surface area contributed by atoms with E-state index in [1.54, 1.807) is 31.5 Å². The molecule has 9 heteroatoms. The van der Waals surface area contributed by atoms with Gasteiger partial charge in [-0.15, -0.1) is 0 Å². The van der Waals surface area contributed by atoms with Gasteiger partial charge >= 0.3 is 0 Å². The fourth-order valence-corrected chi connectivity index (χ4v) is 6.31. The second kappa shape index (κ2) is 13.5. The first kappa shape index (κ1) is 32.6. The molecular formula is C41H36FN3O5. The summed E-state index contributed by atoms with van der Waals surface area (Å²) in [5.41, 5.74) is 11.7. The number of methoxy groups -OCH3 is 1. The monoisotopic (exact) mass is 669 g/mol. The number of halogens is 1. The zero-order chi connectivity index (χ0) is 34.8. The van der Waals surface area contributed by atoms with Crippen LogP contribution < -0.4 is 20.5 Å². The number of nitrogens with two attached hydrogens (primary N) is 1. The lowest BCUT2D eigenvalue weighted by molar-refractivity contribution is 0.0924. The summed E-state index contributed by atoms with van der Waals surface area (Å²) in [6.45, 7) is 2.36. The molecule has 0 saturated heterocycles. The Hall–Kier alpha value is -5.96. The third-order valence-corrected chi connectivity index (χ3v) is 9.25. The van der Waals surface area contributed by atoms with Crippen LogP contribution in [0.2, 0.25) is 0 Å². The van der Waals surface area contributed by atoms with Gasteiger partial charge in [-0.3, -0.25) is 14.6 Å². The molecule has 1 saturated carbocycles. The van der Waals surface area contributed by atoms with E-state index < -0.39 is 17.3 Å². The number of benzene rings is 4. The third kappa shape index (κ3) is 6.67. The molecule has 7 rings (SSSR count). The number of amides is 2. The number of hydrogen-bond acceptors (Lipinski definition) is 6. The van der Waals surface area contributed by atoms with Gasteiger partial charge in [-0.25, -0.2) is 4.39 Å². The second-order valence-corrected chi connectivity index (χ2v) is 12.7. The lowest BCUT2D eigenvalue weighted by Gasteiger charge is -2.20. The molecular weight excluding hydrogens is 633 g/mol. The van der Waals surface area contributed by atoms with E-state index in [9.17, 15) is 14.0 Å². The SMILES string of the molecule is COc1ccc(CCOc2cc(C)c(Cc3ccc4oc(-c5ccc(F)cc5)c(C(N)=O)c4c3)cc2C(=O)NC2(c3ccccn3)CC2)cc1. The van der Waals surface area contributed by atoms with E-state index in [0.717, 1.165) is 46.5 Å². The number of aromatic nitrogens is 1.